The van der Waals surface area contributed by atoms with Crippen LogP contribution in [-0.2, 0) is 24.4 Å². The van der Waals surface area contributed by atoms with E-state index in [9.17, 15) is 4.79 Å². The number of rotatable bonds is 6. The first-order valence-electron chi connectivity index (χ1n) is 11.8. The van der Waals surface area contributed by atoms with Crippen LogP contribution in [0.15, 0.2) is 36.7 Å². The molecule has 0 spiro atoms. The third kappa shape index (κ3) is 4.08. The number of aryl methyl sites for hydroxylation is 1. The minimum Gasteiger partial charge on any atom is -0.378 e. The summed E-state index contributed by atoms with van der Waals surface area (Å²) in [6, 6.07) is 8.30. The predicted octanol–water partition coefficient (Wildman–Crippen LogP) is 5.23. The molecule has 1 amide bonds. The van der Waals surface area contributed by atoms with Gasteiger partial charge in [-0.1, -0.05) is 31.9 Å². The van der Waals surface area contributed by atoms with E-state index in [1.165, 1.54) is 25.7 Å². The molecule has 0 saturated heterocycles. The standard InChI is InChI=1S/C27H32N4O2/c1-18-11-22(21-13-28-31(15-21)17-27(2)9-5-6-10-27)25(29-24(18)16-33-4)19-7-8-20-14-30(3)26(32)23(20)12-19/h7-8,11-13,15H,5-6,9-10,14,16-17H2,1-4H3. The Morgan fingerprint density at radius 2 is 1.91 bits per heavy atom. The molecule has 3 heterocycles. The number of benzene rings is 1. The second-order valence-corrected chi connectivity index (χ2v) is 10.1. The van der Waals surface area contributed by atoms with Crippen LogP contribution in [0.4, 0.5) is 0 Å². The topological polar surface area (TPSA) is 60.2 Å². The minimum absolute atomic E-state index is 0.0650. The number of hydrogen-bond donors (Lipinski definition) is 0. The van der Waals surface area contributed by atoms with Crippen molar-refractivity contribution >= 4 is 5.91 Å². The van der Waals surface area contributed by atoms with Crippen LogP contribution in [0, 0.1) is 12.3 Å². The third-order valence-corrected chi connectivity index (χ3v) is 7.27. The molecule has 1 aliphatic carbocycles. The molecule has 0 atom stereocenters. The Morgan fingerprint density at radius 1 is 1.12 bits per heavy atom. The maximum absolute atomic E-state index is 12.6. The summed E-state index contributed by atoms with van der Waals surface area (Å²) in [5.74, 6) is 0.0650. The summed E-state index contributed by atoms with van der Waals surface area (Å²) in [5.41, 5.74) is 8.05. The fraction of sp³-hybridized carbons (Fsp3) is 0.444. The lowest BCUT2D eigenvalue weighted by atomic mass is 9.89. The second-order valence-electron chi connectivity index (χ2n) is 10.1. The Hall–Kier alpha value is -2.99. The second kappa shape index (κ2) is 8.41. The van der Waals surface area contributed by atoms with Gasteiger partial charge in [0.05, 0.1) is 24.2 Å². The normalized spacial score (nSPS) is 17.1. The van der Waals surface area contributed by atoms with Gasteiger partial charge in [-0.05, 0) is 48.4 Å². The summed E-state index contributed by atoms with van der Waals surface area (Å²) < 4.78 is 7.49. The molecule has 0 radical (unpaired) electrons. The fourth-order valence-corrected chi connectivity index (χ4v) is 5.34. The number of carbonyl (C=O) groups excluding carboxylic acids is 1. The van der Waals surface area contributed by atoms with Crippen molar-refractivity contribution in [2.24, 2.45) is 5.41 Å². The van der Waals surface area contributed by atoms with Crippen molar-refractivity contribution in [2.75, 3.05) is 14.2 Å². The van der Waals surface area contributed by atoms with Crippen molar-refractivity contribution in [3.8, 4) is 22.4 Å². The fourth-order valence-electron chi connectivity index (χ4n) is 5.34. The largest absolute Gasteiger partial charge is 0.378 e. The lowest BCUT2D eigenvalue weighted by molar-refractivity contribution is 0.0816. The number of hydrogen-bond acceptors (Lipinski definition) is 4. The zero-order valence-electron chi connectivity index (χ0n) is 20.0. The zero-order valence-corrected chi connectivity index (χ0v) is 20.0. The van der Waals surface area contributed by atoms with Gasteiger partial charge in [-0.3, -0.25) is 9.48 Å². The Bertz CT molecular complexity index is 1210. The maximum Gasteiger partial charge on any atom is 0.254 e. The zero-order chi connectivity index (χ0) is 23.2. The van der Waals surface area contributed by atoms with E-state index in [0.717, 1.165) is 51.3 Å². The van der Waals surface area contributed by atoms with Gasteiger partial charge in [-0.2, -0.15) is 5.10 Å². The van der Waals surface area contributed by atoms with Crippen LogP contribution in [0.5, 0.6) is 0 Å². The molecule has 6 nitrogen and oxygen atoms in total. The van der Waals surface area contributed by atoms with Crippen LogP contribution < -0.4 is 0 Å². The summed E-state index contributed by atoms with van der Waals surface area (Å²) in [6.45, 7) is 6.49. The number of pyridine rings is 1. The van der Waals surface area contributed by atoms with E-state index in [1.807, 2.05) is 19.3 Å². The third-order valence-electron chi connectivity index (χ3n) is 7.27. The van der Waals surface area contributed by atoms with Gasteiger partial charge < -0.3 is 9.64 Å². The van der Waals surface area contributed by atoms with Gasteiger partial charge in [-0.25, -0.2) is 4.98 Å². The summed E-state index contributed by atoms with van der Waals surface area (Å²) in [4.78, 5) is 19.4. The van der Waals surface area contributed by atoms with Crippen LogP contribution in [0.3, 0.4) is 0 Å². The molecule has 5 rings (SSSR count). The Labute approximate surface area is 195 Å². The molecule has 0 unspecified atom stereocenters. The van der Waals surface area contributed by atoms with Crippen molar-refractivity contribution < 1.29 is 9.53 Å². The number of amides is 1. The van der Waals surface area contributed by atoms with E-state index in [0.29, 0.717) is 18.6 Å². The van der Waals surface area contributed by atoms with Crippen molar-refractivity contribution in [3.63, 3.8) is 0 Å². The molecule has 1 aromatic carbocycles. The molecular formula is C27H32N4O2. The van der Waals surface area contributed by atoms with Gasteiger partial charge in [0, 0.05) is 55.7 Å². The molecule has 0 bridgehead atoms. The molecule has 0 N–H and O–H groups in total. The van der Waals surface area contributed by atoms with E-state index < -0.39 is 0 Å². The van der Waals surface area contributed by atoms with Crippen molar-refractivity contribution in [1.29, 1.82) is 0 Å². The highest BCUT2D eigenvalue weighted by Crippen LogP contribution is 2.40. The van der Waals surface area contributed by atoms with E-state index >= 15 is 0 Å². The van der Waals surface area contributed by atoms with Crippen LogP contribution in [0.25, 0.3) is 22.4 Å². The number of ether oxygens (including phenoxy) is 1. The van der Waals surface area contributed by atoms with Gasteiger partial charge in [0.2, 0.25) is 0 Å². The van der Waals surface area contributed by atoms with Gasteiger partial charge in [0.15, 0.2) is 0 Å². The SMILES string of the molecule is COCc1nc(-c2ccc3c(c2)C(=O)N(C)C3)c(-c2cnn(CC3(C)CCCC3)c2)cc1C. The first-order chi connectivity index (χ1) is 15.9. The van der Waals surface area contributed by atoms with E-state index in [-0.39, 0.29) is 5.91 Å². The monoisotopic (exact) mass is 444 g/mol. The van der Waals surface area contributed by atoms with Crippen LogP contribution in [0.2, 0.25) is 0 Å². The molecule has 33 heavy (non-hydrogen) atoms. The number of methoxy groups -OCH3 is 1. The van der Waals surface area contributed by atoms with Crippen LogP contribution >= 0.6 is 0 Å². The van der Waals surface area contributed by atoms with Gasteiger partial charge in [0.25, 0.3) is 5.91 Å². The molecule has 1 aliphatic heterocycles. The highest BCUT2D eigenvalue weighted by atomic mass is 16.5. The average Bonchev–Trinajstić information content (AvgIpc) is 3.50. The quantitative estimate of drug-likeness (QED) is 0.522. The molecule has 2 aliphatic rings. The van der Waals surface area contributed by atoms with E-state index in [1.54, 1.807) is 12.0 Å². The Kier molecular flexibility index (Phi) is 5.57. The highest BCUT2D eigenvalue weighted by Gasteiger charge is 2.30. The van der Waals surface area contributed by atoms with Gasteiger partial charge in [0.1, 0.15) is 0 Å². The van der Waals surface area contributed by atoms with E-state index in [2.05, 4.69) is 42.9 Å². The first kappa shape index (κ1) is 21.8. The molecule has 6 heteroatoms. The molecule has 3 aromatic rings. The average molecular weight is 445 g/mol. The summed E-state index contributed by atoms with van der Waals surface area (Å²) in [7, 11) is 3.53. The summed E-state index contributed by atoms with van der Waals surface area (Å²) in [6.07, 6.45) is 9.23. The Morgan fingerprint density at radius 3 is 2.67 bits per heavy atom. The lowest BCUT2D eigenvalue weighted by Gasteiger charge is -2.23. The predicted molar refractivity (Wildman–Crippen MR) is 129 cm³/mol. The number of aromatic nitrogens is 3. The smallest absolute Gasteiger partial charge is 0.254 e. The van der Waals surface area contributed by atoms with E-state index in [4.69, 9.17) is 14.8 Å². The van der Waals surface area contributed by atoms with Crippen molar-refractivity contribution in [2.45, 2.75) is 59.2 Å². The number of carbonyl (C=O) groups is 1. The lowest BCUT2D eigenvalue weighted by Crippen LogP contribution is -2.19. The number of fused-ring (bicyclic) bond motifs is 1. The molecule has 1 saturated carbocycles. The Balaban J connectivity index is 1.57. The summed E-state index contributed by atoms with van der Waals surface area (Å²) in [5, 5.41) is 4.71. The van der Waals surface area contributed by atoms with Crippen molar-refractivity contribution in [1.82, 2.24) is 19.7 Å². The first-order valence-corrected chi connectivity index (χ1v) is 11.8. The highest BCUT2D eigenvalue weighted by molar-refractivity contribution is 5.99. The molecule has 172 valence electrons. The van der Waals surface area contributed by atoms with Gasteiger partial charge >= 0.3 is 0 Å². The molecule has 1 fully saturated rings. The van der Waals surface area contributed by atoms with Crippen molar-refractivity contribution in [3.05, 3.63) is 59.0 Å². The maximum atomic E-state index is 12.6. The molecular weight excluding hydrogens is 412 g/mol. The minimum atomic E-state index is 0.0650. The van der Waals surface area contributed by atoms with Crippen LogP contribution in [-0.4, -0.2) is 39.7 Å². The summed E-state index contributed by atoms with van der Waals surface area (Å²) >= 11 is 0. The molecule has 2 aromatic heterocycles. The van der Waals surface area contributed by atoms with Crippen LogP contribution in [0.1, 0.15) is 59.8 Å². The number of nitrogens with zero attached hydrogens (tertiary/aromatic N) is 4. The van der Waals surface area contributed by atoms with Gasteiger partial charge in [-0.15, -0.1) is 0 Å².